The molecule has 1 amide bonds. The monoisotopic (exact) mass is 324 g/mol. The Morgan fingerprint density at radius 1 is 1.36 bits per heavy atom. The van der Waals surface area contributed by atoms with Crippen LogP contribution in [-0.4, -0.2) is 43.6 Å². The Hall–Kier alpha value is -1.26. The number of ether oxygens (including phenoxy) is 1. The van der Waals surface area contributed by atoms with Crippen LogP contribution in [0.3, 0.4) is 0 Å². The van der Waals surface area contributed by atoms with E-state index >= 15 is 0 Å². The van der Waals surface area contributed by atoms with Crippen molar-refractivity contribution in [1.29, 1.82) is 0 Å². The molecule has 122 valence electrons. The van der Waals surface area contributed by atoms with Crippen LogP contribution in [0.25, 0.3) is 0 Å². The zero-order chi connectivity index (χ0) is 15.0. The van der Waals surface area contributed by atoms with Gasteiger partial charge in [-0.15, -0.1) is 12.4 Å². The number of aryl methyl sites for hydroxylation is 2. The van der Waals surface area contributed by atoms with Gasteiger partial charge in [-0.1, -0.05) is 6.07 Å². The Morgan fingerprint density at radius 3 is 2.82 bits per heavy atom. The highest BCUT2D eigenvalue weighted by Gasteiger charge is 2.35. The van der Waals surface area contributed by atoms with Gasteiger partial charge in [0.25, 0.3) is 5.91 Å². The molecule has 22 heavy (non-hydrogen) atoms. The van der Waals surface area contributed by atoms with Gasteiger partial charge < -0.3 is 15.0 Å². The Balaban J connectivity index is 0.00000176. The Kier molecular flexibility index (Phi) is 5.35. The third-order valence-electron chi connectivity index (χ3n) is 4.72. The number of fused-ring (bicyclic) bond motifs is 1. The highest BCUT2D eigenvalue weighted by atomic mass is 35.5. The lowest BCUT2D eigenvalue weighted by molar-refractivity contribution is -0.136. The van der Waals surface area contributed by atoms with Crippen molar-refractivity contribution >= 4 is 18.3 Å². The molecule has 2 aliphatic rings. The van der Waals surface area contributed by atoms with E-state index in [0.717, 1.165) is 31.8 Å². The van der Waals surface area contributed by atoms with Gasteiger partial charge in [-0.3, -0.25) is 4.79 Å². The molecule has 5 heteroatoms. The highest BCUT2D eigenvalue weighted by molar-refractivity contribution is 5.85. The highest BCUT2D eigenvalue weighted by Crippen LogP contribution is 2.32. The van der Waals surface area contributed by atoms with E-state index in [0.29, 0.717) is 12.3 Å². The second-order valence-corrected chi connectivity index (χ2v) is 6.35. The first kappa shape index (κ1) is 17.1. The first-order valence-electron chi connectivity index (χ1n) is 7.78. The number of benzene rings is 1. The summed E-state index contributed by atoms with van der Waals surface area (Å²) in [6, 6.07) is 4.22. The standard InChI is InChI=1S/C17H24N2O2.ClH/c1-11-6-14-8-16(21-15(14)7-12(11)2)17(20)19-5-4-13(10-19)9-18-3;/h6-7,13,16,18H,4-5,8-10H2,1-3H3;1H. The molecular weight excluding hydrogens is 300 g/mol. The largest absolute Gasteiger partial charge is 0.480 e. The fraction of sp³-hybridized carbons (Fsp3) is 0.588. The van der Waals surface area contributed by atoms with Gasteiger partial charge in [-0.2, -0.15) is 0 Å². The first-order chi connectivity index (χ1) is 10.1. The van der Waals surface area contributed by atoms with E-state index < -0.39 is 0 Å². The second-order valence-electron chi connectivity index (χ2n) is 6.35. The number of nitrogens with zero attached hydrogens (tertiary/aromatic N) is 1. The van der Waals surface area contributed by atoms with Crippen molar-refractivity contribution < 1.29 is 9.53 Å². The molecule has 2 atom stereocenters. The molecule has 2 heterocycles. The lowest BCUT2D eigenvalue weighted by Gasteiger charge is -2.20. The van der Waals surface area contributed by atoms with Crippen LogP contribution in [0.2, 0.25) is 0 Å². The van der Waals surface area contributed by atoms with Crippen LogP contribution in [0.5, 0.6) is 5.75 Å². The summed E-state index contributed by atoms with van der Waals surface area (Å²) in [7, 11) is 1.96. The summed E-state index contributed by atoms with van der Waals surface area (Å²) in [5.41, 5.74) is 3.65. The van der Waals surface area contributed by atoms with E-state index in [1.807, 2.05) is 11.9 Å². The number of nitrogens with one attached hydrogen (secondary N) is 1. The van der Waals surface area contributed by atoms with Crippen molar-refractivity contribution in [3.8, 4) is 5.75 Å². The van der Waals surface area contributed by atoms with Crippen LogP contribution in [0.1, 0.15) is 23.1 Å². The first-order valence-corrected chi connectivity index (χ1v) is 7.78. The molecule has 1 aromatic rings. The van der Waals surface area contributed by atoms with Crippen LogP contribution in [0.4, 0.5) is 0 Å². The van der Waals surface area contributed by atoms with Crippen molar-refractivity contribution in [3.63, 3.8) is 0 Å². The van der Waals surface area contributed by atoms with Gasteiger partial charge >= 0.3 is 0 Å². The van der Waals surface area contributed by atoms with Crippen LogP contribution < -0.4 is 10.1 Å². The zero-order valence-electron chi connectivity index (χ0n) is 13.5. The quantitative estimate of drug-likeness (QED) is 0.925. The minimum atomic E-state index is -0.325. The Labute approximate surface area is 138 Å². The van der Waals surface area contributed by atoms with Crippen LogP contribution in [0.15, 0.2) is 12.1 Å². The van der Waals surface area contributed by atoms with E-state index in [-0.39, 0.29) is 24.4 Å². The van der Waals surface area contributed by atoms with Gasteiger partial charge in [0, 0.05) is 19.5 Å². The molecule has 2 aliphatic heterocycles. The summed E-state index contributed by atoms with van der Waals surface area (Å²) in [4.78, 5) is 14.6. The zero-order valence-corrected chi connectivity index (χ0v) is 14.3. The molecule has 2 unspecified atom stereocenters. The maximum atomic E-state index is 12.6. The normalized spacial score (nSPS) is 23.0. The van der Waals surface area contributed by atoms with Crippen LogP contribution in [-0.2, 0) is 11.2 Å². The van der Waals surface area contributed by atoms with Gasteiger partial charge in [-0.25, -0.2) is 0 Å². The number of carbonyl (C=O) groups excluding carboxylic acids is 1. The summed E-state index contributed by atoms with van der Waals surface area (Å²) in [5, 5.41) is 3.20. The predicted molar refractivity (Wildman–Crippen MR) is 89.9 cm³/mol. The molecule has 1 saturated heterocycles. The predicted octanol–water partition coefficient (Wildman–Crippen LogP) is 2.10. The molecule has 3 rings (SSSR count). The minimum Gasteiger partial charge on any atom is -0.480 e. The van der Waals surface area contributed by atoms with Crippen molar-refractivity contribution in [1.82, 2.24) is 10.2 Å². The average Bonchev–Trinajstić information content (AvgIpc) is 3.06. The summed E-state index contributed by atoms with van der Waals surface area (Å²) >= 11 is 0. The third kappa shape index (κ3) is 3.23. The number of halogens is 1. The third-order valence-corrected chi connectivity index (χ3v) is 4.72. The van der Waals surface area contributed by atoms with E-state index in [1.165, 1.54) is 16.7 Å². The van der Waals surface area contributed by atoms with Crippen molar-refractivity contribution in [3.05, 3.63) is 28.8 Å². The maximum Gasteiger partial charge on any atom is 0.264 e. The van der Waals surface area contributed by atoms with E-state index in [1.54, 1.807) is 0 Å². The smallest absolute Gasteiger partial charge is 0.264 e. The van der Waals surface area contributed by atoms with Crippen molar-refractivity contribution in [2.75, 3.05) is 26.7 Å². The van der Waals surface area contributed by atoms with Gasteiger partial charge in [0.1, 0.15) is 5.75 Å². The number of hydrogen-bond donors (Lipinski definition) is 1. The molecule has 4 nitrogen and oxygen atoms in total. The summed E-state index contributed by atoms with van der Waals surface area (Å²) in [6.07, 6.45) is 1.47. The van der Waals surface area contributed by atoms with E-state index in [4.69, 9.17) is 4.74 Å². The summed E-state index contributed by atoms with van der Waals surface area (Å²) < 4.78 is 5.91. The molecule has 1 fully saturated rings. The molecule has 0 saturated carbocycles. The molecule has 0 aliphatic carbocycles. The number of carbonyl (C=O) groups is 1. The minimum absolute atomic E-state index is 0. The fourth-order valence-electron chi connectivity index (χ4n) is 3.34. The molecular formula is C17H25ClN2O2. The Morgan fingerprint density at radius 2 is 2.09 bits per heavy atom. The molecule has 0 aromatic heterocycles. The van der Waals surface area contributed by atoms with Gasteiger partial charge in [0.15, 0.2) is 6.10 Å². The molecule has 1 N–H and O–H groups in total. The fourth-order valence-corrected chi connectivity index (χ4v) is 3.34. The molecule has 0 bridgehead atoms. The topological polar surface area (TPSA) is 41.6 Å². The van der Waals surface area contributed by atoms with Gasteiger partial charge in [0.05, 0.1) is 0 Å². The average molecular weight is 325 g/mol. The molecule has 0 spiro atoms. The van der Waals surface area contributed by atoms with Crippen molar-refractivity contribution in [2.24, 2.45) is 5.92 Å². The van der Waals surface area contributed by atoms with E-state index in [9.17, 15) is 4.79 Å². The summed E-state index contributed by atoms with van der Waals surface area (Å²) in [5.74, 6) is 1.62. The number of likely N-dealkylation sites (tertiary alicyclic amines) is 1. The number of rotatable bonds is 3. The van der Waals surface area contributed by atoms with Crippen LogP contribution >= 0.6 is 12.4 Å². The second kappa shape index (κ2) is 6.88. The SMILES string of the molecule is CNCC1CCN(C(=O)C2Cc3cc(C)c(C)cc3O2)C1.Cl. The molecule has 0 radical (unpaired) electrons. The van der Waals surface area contributed by atoms with E-state index in [2.05, 4.69) is 31.3 Å². The maximum absolute atomic E-state index is 12.6. The Bertz CT molecular complexity index is 531. The van der Waals surface area contributed by atoms with Crippen molar-refractivity contribution in [2.45, 2.75) is 32.8 Å². The van der Waals surface area contributed by atoms with Gasteiger partial charge in [-0.05, 0) is 62.5 Å². The lowest BCUT2D eigenvalue weighted by Crippen LogP contribution is -2.40. The number of hydrogen-bond acceptors (Lipinski definition) is 3. The summed E-state index contributed by atoms with van der Waals surface area (Å²) in [6.45, 7) is 6.88. The molecule has 1 aromatic carbocycles. The van der Waals surface area contributed by atoms with Gasteiger partial charge in [0.2, 0.25) is 0 Å². The van der Waals surface area contributed by atoms with Crippen LogP contribution in [0, 0.1) is 19.8 Å². The lowest BCUT2D eigenvalue weighted by atomic mass is 10.0. The number of amides is 1.